The summed E-state index contributed by atoms with van der Waals surface area (Å²) in [6, 6.07) is 10.6. The Morgan fingerprint density at radius 3 is 2.65 bits per heavy atom. The van der Waals surface area contributed by atoms with Gasteiger partial charge in [0.1, 0.15) is 17.4 Å². The normalized spacial score (nSPS) is 10.1. The molecule has 0 saturated heterocycles. The minimum atomic E-state index is -0.601. The van der Waals surface area contributed by atoms with Crippen LogP contribution >= 0.6 is 11.8 Å². The largest absolute Gasteiger partial charge is 0.496 e. The van der Waals surface area contributed by atoms with Gasteiger partial charge in [0.15, 0.2) is 0 Å². The number of methoxy groups -OCH3 is 1. The Balaban J connectivity index is 2.20. The highest BCUT2D eigenvalue weighted by Crippen LogP contribution is 2.30. The summed E-state index contributed by atoms with van der Waals surface area (Å²) in [4.78, 5) is 0.357. The van der Waals surface area contributed by atoms with Crippen LogP contribution in [-0.4, -0.2) is 7.11 Å². The van der Waals surface area contributed by atoms with Crippen molar-refractivity contribution in [2.24, 2.45) is 0 Å². The van der Waals surface area contributed by atoms with E-state index in [0.29, 0.717) is 22.0 Å². The highest BCUT2D eigenvalue weighted by molar-refractivity contribution is 7.98. The van der Waals surface area contributed by atoms with Crippen LogP contribution in [0.5, 0.6) is 5.75 Å². The summed E-state index contributed by atoms with van der Waals surface area (Å²) < 4.78 is 31.6. The van der Waals surface area contributed by atoms with Crippen LogP contribution in [0.25, 0.3) is 0 Å². The molecule has 0 saturated carbocycles. The van der Waals surface area contributed by atoms with Crippen LogP contribution < -0.4 is 4.74 Å². The van der Waals surface area contributed by atoms with Gasteiger partial charge in [0.2, 0.25) is 0 Å². The number of ether oxygens (including phenoxy) is 1. The van der Waals surface area contributed by atoms with Crippen LogP contribution in [0.15, 0.2) is 41.3 Å². The third-order valence-corrected chi connectivity index (χ3v) is 3.78. The lowest BCUT2D eigenvalue weighted by Crippen LogP contribution is -1.92. The van der Waals surface area contributed by atoms with E-state index in [1.165, 1.54) is 31.0 Å². The molecule has 2 aromatic carbocycles. The van der Waals surface area contributed by atoms with E-state index in [4.69, 9.17) is 10.00 Å². The molecular weight excluding hydrogens is 280 g/mol. The summed E-state index contributed by atoms with van der Waals surface area (Å²) >= 11 is 1.23. The van der Waals surface area contributed by atoms with Crippen molar-refractivity contribution in [1.82, 2.24) is 0 Å². The van der Waals surface area contributed by atoms with Crippen molar-refractivity contribution in [3.05, 3.63) is 59.2 Å². The van der Waals surface area contributed by atoms with Gasteiger partial charge in [-0.3, -0.25) is 0 Å². The maximum Gasteiger partial charge on any atom is 0.139 e. The van der Waals surface area contributed by atoms with E-state index >= 15 is 0 Å². The third-order valence-electron chi connectivity index (χ3n) is 2.69. The van der Waals surface area contributed by atoms with Crippen LogP contribution in [0.2, 0.25) is 0 Å². The summed E-state index contributed by atoms with van der Waals surface area (Å²) in [5.41, 5.74) is 1.31. The van der Waals surface area contributed by atoms with Crippen LogP contribution in [-0.2, 0) is 5.75 Å². The molecule has 0 aliphatic carbocycles. The van der Waals surface area contributed by atoms with Crippen molar-refractivity contribution in [2.75, 3.05) is 7.11 Å². The fraction of sp³-hybridized carbons (Fsp3) is 0.133. The zero-order chi connectivity index (χ0) is 14.5. The first-order chi connectivity index (χ1) is 9.63. The Labute approximate surface area is 120 Å². The van der Waals surface area contributed by atoms with E-state index in [-0.39, 0.29) is 0 Å². The molecule has 5 heteroatoms. The maximum atomic E-state index is 13.5. The van der Waals surface area contributed by atoms with Gasteiger partial charge in [-0.15, -0.1) is 11.8 Å². The minimum absolute atomic E-state index is 0.357. The predicted molar refractivity (Wildman–Crippen MR) is 73.6 cm³/mol. The Kier molecular flexibility index (Phi) is 4.59. The Morgan fingerprint density at radius 2 is 2.00 bits per heavy atom. The molecule has 20 heavy (non-hydrogen) atoms. The van der Waals surface area contributed by atoms with E-state index in [0.717, 1.165) is 11.6 Å². The van der Waals surface area contributed by atoms with Crippen molar-refractivity contribution in [3.63, 3.8) is 0 Å². The van der Waals surface area contributed by atoms with Gasteiger partial charge in [0, 0.05) is 22.3 Å². The second-order valence-electron chi connectivity index (χ2n) is 4.00. The summed E-state index contributed by atoms with van der Waals surface area (Å²) in [5.74, 6) is -0.123. The SMILES string of the molecule is COc1ccc(C#N)cc1CSc1ccc(F)cc1F. The molecule has 2 nitrogen and oxygen atoms in total. The highest BCUT2D eigenvalue weighted by Gasteiger charge is 2.08. The maximum absolute atomic E-state index is 13.5. The molecule has 0 unspecified atom stereocenters. The number of rotatable bonds is 4. The molecule has 0 fully saturated rings. The summed E-state index contributed by atoms with van der Waals surface area (Å²) in [6.45, 7) is 0. The molecule has 0 aliphatic heterocycles. The first-order valence-electron chi connectivity index (χ1n) is 5.79. The van der Waals surface area contributed by atoms with Gasteiger partial charge < -0.3 is 4.74 Å². The van der Waals surface area contributed by atoms with Gasteiger partial charge in [-0.2, -0.15) is 5.26 Å². The van der Waals surface area contributed by atoms with E-state index in [1.54, 1.807) is 18.2 Å². The van der Waals surface area contributed by atoms with E-state index < -0.39 is 11.6 Å². The monoisotopic (exact) mass is 291 g/mol. The molecule has 0 aromatic heterocycles. The average molecular weight is 291 g/mol. The minimum Gasteiger partial charge on any atom is -0.496 e. The molecule has 0 heterocycles. The molecule has 0 aliphatic rings. The van der Waals surface area contributed by atoms with Crippen LogP contribution in [0.1, 0.15) is 11.1 Å². The van der Waals surface area contributed by atoms with Gasteiger partial charge >= 0.3 is 0 Å². The van der Waals surface area contributed by atoms with Crippen LogP contribution in [0.4, 0.5) is 8.78 Å². The van der Waals surface area contributed by atoms with E-state index in [1.807, 2.05) is 6.07 Å². The molecule has 0 bridgehead atoms. The zero-order valence-electron chi connectivity index (χ0n) is 10.7. The fourth-order valence-electron chi connectivity index (χ4n) is 1.71. The molecule has 2 rings (SSSR count). The van der Waals surface area contributed by atoms with Crippen LogP contribution in [0, 0.1) is 23.0 Å². The zero-order valence-corrected chi connectivity index (χ0v) is 11.5. The van der Waals surface area contributed by atoms with Gasteiger partial charge in [-0.05, 0) is 30.3 Å². The summed E-state index contributed by atoms with van der Waals surface area (Å²) in [6.07, 6.45) is 0. The molecule has 0 spiro atoms. The number of halogens is 2. The van der Waals surface area contributed by atoms with E-state index in [9.17, 15) is 8.78 Å². The lowest BCUT2D eigenvalue weighted by atomic mass is 10.1. The van der Waals surface area contributed by atoms with Crippen LogP contribution in [0.3, 0.4) is 0 Å². The molecule has 0 atom stereocenters. The molecule has 0 radical (unpaired) electrons. The van der Waals surface area contributed by atoms with E-state index in [2.05, 4.69) is 0 Å². The van der Waals surface area contributed by atoms with Crippen molar-refractivity contribution >= 4 is 11.8 Å². The van der Waals surface area contributed by atoms with Gasteiger partial charge in [-0.25, -0.2) is 8.78 Å². The first kappa shape index (κ1) is 14.4. The Bertz CT molecular complexity index is 667. The third kappa shape index (κ3) is 3.28. The smallest absolute Gasteiger partial charge is 0.139 e. The molecule has 0 N–H and O–H groups in total. The average Bonchev–Trinajstić information content (AvgIpc) is 2.46. The van der Waals surface area contributed by atoms with Gasteiger partial charge in [-0.1, -0.05) is 0 Å². The number of thioether (sulfide) groups is 1. The van der Waals surface area contributed by atoms with Crippen molar-refractivity contribution in [3.8, 4) is 11.8 Å². The molecular formula is C15H11F2NOS. The molecule has 2 aromatic rings. The topological polar surface area (TPSA) is 33.0 Å². The van der Waals surface area contributed by atoms with Gasteiger partial charge in [0.05, 0.1) is 18.7 Å². The van der Waals surface area contributed by atoms with Crippen molar-refractivity contribution < 1.29 is 13.5 Å². The van der Waals surface area contributed by atoms with Crippen molar-refractivity contribution in [1.29, 1.82) is 5.26 Å². The standard InChI is InChI=1S/C15H11F2NOS/c1-19-14-4-2-10(8-18)6-11(14)9-20-15-5-3-12(16)7-13(15)17/h2-7H,9H2,1H3. The van der Waals surface area contributed by atoms with Gasteiger partial charge in [0.25, 0.3) is 0 Å². The molecule has 0 amide bonds. The second kappa shape index (κ2) is 6.40. The summed E-state index contributed by atoms with van der Waals surface area (Å²) in [5, 5.41) is 8.89. The number of nitriles is 1. The number of benzene rings is 2. The fourth-order valence-corrected chi connectivity index (χ4v) is 2.61. The second-order valence-corrected chi connectivity index (χ2v) is 5.02. The number of hydrogen-bond acceptors (Lipinski definition) is 3. The first-order valence-corrected chi connectivity index (χ1v) is 6.77. The highest BCUT2D eigenvalue weighted by atomic mass is 32.2. The molecule has 102 valence electrons. The summed E-state index contributed by atoms with van der Waals surface area (Å²) in [7, 11) is 1.54. The number of nitrogens with zero attached hydrogens (tertiary/aromatic N) is 1. The van der Waals surface area contributed by atoms with Crippen molar-refractivity contribution in [2.45, 2.75) is 10.6 Å². The lowest BCUT2D eigenvalue weighted by molar-refractivity contribution is 0.411. The Morgan fingerprint density at radius 1 is 1.20 bits per heavy atom. The lowest BCUT2D eigenvalue weighted by Gasteiger charge is -2.09. The quantitative estimate of drug-likeness (QED) is 0.794. The Hall–Kier alpha value is -2.06. The predicted octanol–water partition coefficient (Wildman–Crippen LogP) is 4.14. The number of hydrogen-bond donors (Lipinski definition) is 0.